The first-order valence-electron chi connectivity index (χ1n) is 8.81. The zero-order valence-electron chi connectivity index (χ0n) is 15.5. The van der Waals surface area contributed by atoms with Gasteiger partial charge in [-0.2, -0.15) is 28.5 Å². The molecule has 3 aromatic rings. The van der Waals surface area contributed by atoms with Gasteiger partial charge in [-0.05, 0) is 31.2 Å². The summed E-state index contributed by atoms with van der Waals surface area (Å²) in [4.78, 5) is 17.0. The fourth-order valence-electron chi connectivity index (χ4n) is 3.06. The predicted octanol–water partition coefficient (Wildman–Crippen LogP) is 4.49. The largest absolute Gasteiger partial charge is 0.416 e. The third-order valence-corrected chi connectivity index (χ3v) is 4.92. The molecule has 1 N–H and O–H groups in total. The molecule has 0 aliphatic carbocycles. The van der Waals surface area contributed by atoms with Crippen LogP contribution in [0.5, 0.6) is 0 Å². The van der Waals surface area contributed by atoms with E-state index in [2.05, 4.69) is 25.6 Å². The highest BCUT2D eigenvalue weighted by molar-refractivity contribution is 6.39. The molecule has 11 heteroatoms. The number of halogens is 4. The Labute approximate surface area is 173 Å². The van der Waals surface area contributed by atoms with Gasteiger partial charge >= 0.3 is 6.18 Å². The molecule has 1 aromatic carbocycles. The van der Waals surface area contributed by atoms with E-state index in [9.17, 15) is 18.0 Å². The topological polar surface area (TPSA) is 84.5 Å². The number of aromatic nitrogens is 3. The average molecular weight is 435 g/mol. The Morgan fingerprint density at radius 1 is 1.27 bits per heavy atom. The number of alkyl halides is 3. The summed E-state index contributed by atoms with van der Waals surface area (Å²) in [6.45, 7) is 2.14. The number of carbonyl (C=O) groups excluding carboxylic acids is 1. The zero-order chi connectivity index (χ0) is 21.5. The molecule has 4 rings (SSSR count). The molecule has 0 saturated carbocycles. The van der Waals surface area contributed by atoms with Crippen LogP contribution in [-0.4, -0.2) is 32.6 Å². The number of amides is 1. The normalized spacial score (nSPS) is 13.7. The molecule has 154 valence electrons. The van der Waals surface area contributed by atoms with E-state index in [1.807, 2.05) is 0 Å². The molecule has 0 spiro atoms. The Morgan fingerprint density at radius 2 is 2.00 bits per heavy atom. The van der Waals surface area contributed by atoms with E-state index >= 15 is 0 Å². The van der Waals surface area contributed by atoms with Gasteiger partial charge in [-0.3, -0.25) is 4.79 Å². The van der Waals surface area contributed by atoms with Gasteiger partial charge in [0.05, 0.1) is 39.5 Å². The van der Waals surface area contributed by atoms with E-state index in [0.29, 0.717) is 29.7 Å². The van der Waals surface area contributed by atoms with Crippen molar-refractivity contribution in [2.24, 2.45) is 10.2 Å². The van der Waals surface area contributed by atoms with Crippen LogP contribution in [0.15, 0.2) is 40.7 Å². The molecule has 1 amide bonds. The number of aryl methyl sites for hydroxylation is 1. The maximum atomic E-state index is 12.7. The number of nitrogens with zero attached hydrogens (tertiary/aromatic N) is 5. The number of nitrogens with one attached hydrogen (secondary N) is 1. The van der Waals surface area contributed by atoms with E-state index in [0.717, 1.165) is 17.8 Å². The standard InChI is InChI=1S/C19H14ClF3N6O/c1-10-15-16(20)14(8-24-17(15)29(28-10)9-13-6-7-25-27-13)18(30)26-12-4-2-11(3-5-12)19(21,22)23/h2-5,7-8H,6,9H2,1H3,(H,26,30). The minimum absolute atomic E-state index is 0.0910. The molecule has 3 heterocycles. The molecule has 2 aromatic heterocycles. The number of carbonyl (C=O) groups is 1. The Morgan fingerprint density at radius 3 is 2.63 bits per heavy atom. The lowest BCUT2D eigenvalue weighted by Crippen LogP contribution is -2.14. The fourth-order valence-corrected chi connectivity index (χ4v) is 3.42. The molecule has 0 saturated heterocycles. The highest BCUT2D eigenvalue weighted by atomic mass is 35.5. The summed E-state index contributed by atoms with van der Waals surface area (Å²) in [7, 11) is 0. The van der Waals surface area contributed by atoms with Gasteiger partial charge in [0.2, 0.25) is 0 Å². The number of anilines is 1. The summed E-state index contributed by atoms with van der Waals surface area (Å²) >= 11 is 6.47. The van der Waals surface area contributed by atoms with E-state index in [1.165, 1.54) is 18.3 Å². The molecule has 30 heavy (non-hydrogen) atoms. The molecule has 0 radical (unpaired) electrons. The van der Waals surface area contributed by atoms with Crippen LogP contribution in [0.4, 0.5) is 18.9 Å². The summed E-state index contributed by atoms with van der Waals surface area (Å²) < 4.78 is 39.7. The van der Waals surface area contributed by atoms with E-state index < -0.39 is 17.6 Å². The smallest absolute Gasteiger partial charge is 0.322 e. The fraction of sp³-hybridized carbons (Fsp3) is 0.211. The van der Waals surface area contributed by atoms with Crippen LogP contribution < -0.4 is 5.32 Å². The first kappa shape index (κ1) is 20.0. The van der Waals surface area contributed by atoms with Crippen molar-refractivity contribution in [3.63, 3.8) is 0 Å². The van der Waals surface area contributed by atoms with E-state index in [4.69, 9.17) is 11.6 Å². The zero-order valence-corrected chi connectivity index (χ0v) is 16.3. The van der Waals surface area contributed by atoms with Gasteiger partial charge in [-0.15, -0.1) is 0 Å². The van der Waals surface area contributed by atoms with Crippen LogP contribution >= 0.6 is 11.6 Å². The van der Waals surface area contributed by atoms with Gasteiger partial charge < -0.3 is 5.32 Å². The lowest BCUT2D eigenvalue weighted by atomic mass is 10.1. The summed E-state index contributed by atoms with van der Waals surface area (Å²) in [5.74, 6) is -0.588. The maximum absolute atomic E-state index is 12.7. The van der Waals surface area contributed by atoms with Crippen molar-refractivity contribution in [1.29, 1.82) is 0 Å². The number of rotatable bonds is 4. The summed E-state index contributed by atoms with van der Waals surface area (Å²) in [6, 6.07) is 4.13. The van der Waals surface area contributed by atoms with Crippen LogP contribution in [0, 0.1) is 6.92 Å². The van der Waals surface area contributed by atoms with E-state index in [1.54, 1.807) is 17.8 Å². The van der Waals surface area contributed by atoms with Gasteiger partial charge in [0.15, 0.2) is 5.65 Å². The van der Waals surface area contributed by atoms with Crippen molar-refractivity contribution in [3.8, 4) is 0 Å². The number of hydrogen-bond acceptors (Lipinski definition) is 5. The first-order chi connectivity index (χ1) is 14.2. The SMILES string of the molecule is Cc1nn(CC2=NN=CC2)c2ncc(C(=O)Nc3ccc(C(F)(F)F)cc3)c(Cl)c12. The molecule has 1 aliphatic heterocycles. The molecular weight excluding hydrogens is 421 g/mol. The lowest BCUT2D eigenvalue weighted by Gasteiger charge is -2.10. The number of benzene rings is 1. The second kappa shape index (κ2) is 7.52. The van der Waals surface area contributed by atoms with Crippen molar-refractivity contribution in [2.75, 3.05) is 5.32 Å². The van der Waals surface area contributed by atoms with Gasteiger partial charge in [0.1, 0.15) is 0 Å². The van der Waals surface area contributed by atoms with Gasteiger partial charge in [0.25, 0.3) is 5.91 Å². The molecular formula is C19H14ClF3N6O. The van der Waals surface area contributed by atoms with Gasteiger partial charge in [0, 0.05) is 24.5 Å². The lowest BCUT2D eigenvalue weighted by molar-refractivity contribution is -0.137. The number of fused-ring (bicyclic) bond motifs is 1. The Balaban J connectivity index is 1.60. The van der Waals surface area contributed by atoms with Crippen LogP contribution in [0.3, 0.4) is 0 Å². The van der Waals surface area contributed by atoms with Crippen LogP contribution in [0.1, 0.15) is 28.0 Å². The highest BCUT2D eigenvalue weighted by Crippen LogP contribution is 2.31. The maximum Gasteiger partial charge on any atom is 0.416 e. The predicted molar refractivity (Wildman–Crippen MR) is 107 cm³/mol. The Hall–Kier alpha value is -3.27. The van der Waals surface area contributed by atoms with Crippen molar-refractivity contribution in [3.05, 3.63) is 52.3 Å². The van der Waals surface area contributed by atoms with Gasteiger partial charge in [-0.1, -0.05) is 11.6 Å². The van der Waals surface area contributed by atoms with Crippen molar-refractivity contribution >= 4 is 46.2 Å². The van der Waals surface area contributed by atoms with Crippen LogP contribution in [0.2, 0.25) is 5.02 Å². The summed E-state index contributed by atoms with van der Waals surface area (Å²) in [5.41, 5.74) is 1.40. The summed E-state index contributed by atoms with van der Waals surface area (Å²) in [5, 5.41) is 15.5. The third kappa shape index (κ3) is 3.78. The monoisotopic (exact) mass is 434 g/mol. The molecule has 1 aliphatic rings. The second-order valence-electron chi connectivity index (χ2n) is 6.63. The van der Waals surface area contributed by atoms with Crippen molar-refractivity contribution < 1.29 is 18.0 Å². The molecule has 7 nitrogen and oxygen atoms in total. The summed E-state index contributed by atoms with van der Waals surface area (Å²) in [6.07, 6.45) is -0.816. The Bertz CT molecular complexity index is 1200. The minimum atomic E-state index is -4.45. The first-order valence-corrected chi connectivity index (χ1v) is 9.19. The highest BCUT2D eigenvalue weighted by Gasteiger charge is 2.30. The molecule has 0 atom stereocenters. The minimum Gasteiger partial charge on any atom is -0.322 e. The van der Waals surface area contributed by atoms with Crippen LogP contribution in [0.25, 0.3) is 11.0 Å². The van der Waals surface area contributed by atoms with Crippen molar-refractivity contribution in [2.45, 2.75) is 26.1 Å². The van der Waals surface area contributed by atoms with Gasteiger partial charge in [-0.25, -0.2) is 9.67 Å². The average Bonchev–Trinajstić information content (AvgIpc) is 3.30. The second-order valence-corrected chi connectivity index (χ2v) is 7.00. The number of hydrogen-bond donors (Lipinski definition) is 1. The van der Waals surface area contributed by atoms with E-state index in [-0.39, 0.29) is 16.3 Å². The molecule has 0 fully saturated rings. The number of pyridine rings is 1. The Kier molecular flexibility index (Phi) is 5.02. The van der Waals surface area contributed by atoms with Crippen LogP contribution in [-0.2, 0) is 12.7 Å². The molecule has 0 unspecified atom stereocenters. The third-order valence-electron chi connectivity index (χ3n) is 4.53. The van der Waals surface area contributed by atoms with Crippen molar-refractivity contribution in [1.82, 2.24) is 14.8 Å². The molecule has 0 bridgehead atoms. The quantitative estimate of drug-likeness (QED) is 0.656.